The Labute approximate surface area is 147 Å². The first-order chi connectivity index (χ1) is 12.2. The highest BCUT2D eigenvalue weighted by atomic mass is 19.4. The highest BCUT2D eigenvalue weighted by molar-refractivity contribution is 5.94. The fourth-order valence-corrected chi connectivity index (χ4v) is 2.29. The van der Waals surface area contributed by atoms with Crippen molar-refractivity contribution in [1.29, 1.82) is 0 Å². The summed E-state index contributed by atoms with van der Waals surface area (Å²) in [5.74, 6) is -1.10. The minimum Gasteiger partial charge on any atom is -0.497 e. The van der Waals surface area contributed by atoms with E-state index in [4.69, 9.17) is 4.74 Å². The van der Waals surface area contributed by atoms with Gasteiger partial charge in [-0.15, -0.1) is 0 Å². The van der Waals surface area contributed by atoms with Crippen LogP contribution in [0.5, 0.6) is 5.75 Å². The molecule has 2 aromatic carbocycles. The molecule has 0 aliphatic heterocycles. The number of nitrogens with one attached hydrogen (secondary N) is 1. The van der Waals surface area contributed by atoms with Gasteiger partial charge in [-0.2, -0.15) is 13.2 Å². The molecule has 138 valence electrons. The molecule has 0 heterocycles. The van der Waals surface area contributed by atoms with Gasteiger partial charge in [0.15, 0.2) is 0 Å². The fraction of sp³-hybridized carbons (Fsp3) is 0.222. The van der Waals surface area contributed by atoms with Gasteiger partial charge in [-0.1, -0.05) is 6.07 Å². The van der Waals surface area contributed by atoms with Crippen molar-refractivity contribution in [3.63, 3.8) is 0 Å². The predicted molar refractivity (Wildman–Crippen MR) is 88.1 cm³/mol. The van der Waals surface area contributed by atoms with Gasteiger partial charge in [-0.25, -0.2) is 4.79 Å². The third-order valence-corrected chi connectivity index (χ3v) is 3.56. The zero-order valence-corrected chi connectivity index (χ0v) is 14.0. The van der Waals surface area contributed by atoms with Crippen LogP contribution >= 0.6 is 0 Å². The molecule has 2 rings (SSSR count). The molecular weight excluding hydrogens is 351 g/mol. The summed E-state index contributed by atoms with van der Waals surface area (Å²) in [6.07, 6.45) is -5.07. The summed E-state index contributed by atoms with van der Waals surface area (Å²) in [4.78, 5) is 23.4. The normalized spacial score (nSPS) is 11.0. The molecule has 0 bridgehead atoms. The molecule has 0 aromatic heterocycles. The van der Waals surface area contributed by atoms with E-state index in [0.717, 1.165) is 6.07 Å². The average molecular weight is 367 g/mol. The van der Waals surface area contributed by atoms with Crippen LogP contribution in [0.3, 0.4) is 0 Å². The summed E-state index contributed by atoms with van der Waals surface area (Å²) in [6.45, 7) is 0. The van der Waals surface area contributed by atoms with Gasteiger partial charge < -0.3 is 14.8 Å². The molecule has 8 heteroatoms. The fourth-order valence-electron chi connectivity index (χ4n) is 2.29. The number of amides is 1. The Hall–Kier alpha value is -3.03. The van der Waals surface area contributed by atoms with E-state index in [1.54, 1.807) is 0 Å². The van der Waals surface area contributed by atoms with Gasteiger partial charge in [-0.3, -0.25) is 4.79 Å². The number of alkyl halides is 3. The standard InChI is InChI=1S/C18H16F3NO4/c1-25-14-8-5-12(15(10-14)18(19,20)21)9-16(23)22-13-6-3-11(4-7-13)17(24)26-2/h3-8,10H,9H2,1-2H3,(H,22,23). The van der Waals surface area contributed by atoms with Crippen molar-refractivity contribution in [1.82, 2.24) is 0 Å². The van der Waals surface area contributed by atoms with Crippen LogP contribution in [0.4, 0.5) is 18.9 Å². The van der Waals surface area contributed by atoms with Crippen molar-refractivity contribution in [2.75, 3.05) is 19.5 Å². The number of benzene rings is 2. The molecule has 0 aliphatic carbocycles. The van der Waals surface area contributed by atoms with Gasteiger partial charge in [0.25, 0.3) is 0 Å². The summed E-state index contributed by atoms with van der Waals surface area (Å²) >= 11 is 0. The smallest absolute Gasteiger partial charge is 0.416 e. The summed E-state index contributed by atoms with van der Waals surface area (Å²) in [5, 5.41) is 2.49. The third-order valence-electron chi connectivity index (χ3n) is 3.56. The number of ether oxygens (including phenoxy) is 2. The maximum atomic E-state index is 13.2. The first kappa shape index (κ1) is 19.3. The lowest BCUT2D eigenvalue weighted by Gasteiger charge is -2.14. The Morgan fingerprint density at radius 1 is 1.04 bits per heavy atom. The number of hydrogen-bond acceptors (Lipinski definition) is 4. The van der Waals surface area contributed by atoms with Gasteiger partial charge in [0.05, 0.1) is 31.8 Å². The van der Waals surface area contributed by atoms with Crippen LogP contribution in [0.25, 0.3) is 0 Å². The average Bonchev–Trinajstić information content (AvgIpc) is 2.61. The second kappa shape index (κ2) is 7.90. The maximum absolute atomic E-state index is 13.2. The Kier molecular flexibility index (Phi) is 5.86. The zero-order valence-electron chi connectivity index (χ0n) is 14.0. The molecule has 26 heavy (non-hydrogen) atoms. The molecule has 0 saturated heterocycles. The van der Waals surface area contributed by atoms with E-state index in [0.29, 0.717) is 11.3 Å². The van der Waals surface area contributed by atoms with Crippen molar-refractivity contribution in [2.45, 2.75) is 12.6 Å². The van der Waals surface area contributed by atoms with Crippen molar-refractivity contribution >= 4 is 17.6 Å². The summed E-state index contributed by atoms with van der Waals surface area (Å²) in [6, 6.07) is 9.23. The van der Waals surface area contributed by atoms with Gasteiger partial charge in [0.1, 0.15) is 5.75 Å². The molecule has 0 aliphatic rings. The van der Waals surface area contributed by atoms with E-state index in [1.807, 2.05) is 0 Å². The summed E-state index contributed by atoms with van der Waals surface area (Å²) in [7, 11) is 2.50. The van der Waals surface area contributed by atoms with Crippen molar-refractivity contribution < 1.29 is 32.2 Å². The Balaban J connectivity index is 2.14. The number of carbonyl (C=O) groups excluding carboxylic acids is 2. The number of anilines is 1. The Morgan fingerprint density at radius 3 is 2.23 bits per heavy atom. The lowest BCUT2D eigenvalue weighted by atomic mass is 10.0. The molecular formula is C18H16F3NO4. The van der Waals surface area contributed by atoms with Gasteiger partial charge >= 0.3 is 12.1 Å². The highest BCUT2D eigenvalue weighted by Crippen LogP contribution is 2.34. The van der Waals surface area contributed by atoms with Crippen molar-refractivity contribution in [3.05, 3.63) is 59.2 Å². The lowest BCUT2D eigenvalue weighted by molar-refractivity contribution is -0.138. The number of halogens is 3. The molecule has 1 N–H and O–H groups in total. The monoisotopic (exact) mass is 367 g/mol. The second-order valence-electron chi connectivity index (χ2n) is 5.31. The van der Waals surface area contributed by atoms with E-state index < -0.39 is 30.0 Å². The van der Waals surface area contributed by atoms with E-state index >= 15 is 0 Å². The molecule has 0 radical (unpaired) electrons. The number of carbonyl (C=O) groups is 2. The van der Waals surface area contributed by atoms with E-state index in [9.17, 15) is 22.8 Å². The molecule has 1 amide bonds. The SMILES string of the molecule is COC(=O)c1ccc(NC(=O)Cc2ccc(OC)cc2C(F)(F)F)cc1. The number of methoxy groups -OCH3 is 2. The molecule has 0 saturated carbocycles. The molecule has 0 fully saturated rings. The molecule has 0 spiro atoms. The van der Waals surface area contributed by atoms with Crippen LogP contribution < -0.4 is 10.1 Å². The van der Waals surface area contributed by atoms with Crippen LogP contribution in [0, 0.1) is 0 Å². The van der Waals surface area contributed by atoms with Crippen molar-refractivity contribution in [2.24, 2.45) is 0 Å². The topological polar surface area (TPSA) is 64.6 Å². The first-order valence-corrected chi connectivity index (χ1v) is 7.47. The van der Waals surface area contributed by atoms with Crippen LogP contribution in [-0.4, -0.2) is 26.1 Å². The van der Waals surface area contributed by atoms with Gasteiger partial charge in [0, 0.05) is 5.69 Å². The Bertz CT molecular complexity index is 801. The Morgan fingerprint density at radius 2 is 1.69 bits per heavy atom. The molecule has 5 nitrogen and oxygen atoms in total. The largest absolute Gasteiger partial charge is 0.497 e. The molecule has 2 aromatic rings. The number of esters is 1. The molecule has 0 atom stereocenters. The zero-order chi connectivity index (χ0) is 19.3. The first-order valence-electron chi connectivity index (χ1n) is 7.47. The van der Waals surface area contributed by atoms with Crippen LogP contribution in [0.1, 0.15) is 21.5 Å². The third kappa shape index (κ3) is 4.75. The van der Waals surface area contributed by atoms with Crippen LogP contribution in [0.2, 0.25) is 0 Å². The van der Waals surface area contributed by atoms with E-state index in [2.05, 4.69) is 10.1 Å². The van der Waals surface area contributed by atoms with Gasteiger partial charge in [-0.05, 0) is 42.0 Å². The summed E-state index contributed by atoms with van der Waals surface area (Å²) < 4.78 is 48.9. The van der Waals surface area contributed by atoms with Crippen LogP contribution in [0.15, 0.2) is 42.5 Å². The highest BCUT2D eigenvalue weighted by Gasteiger charge is 2.34. The minimum atomic E-state index is -4.60. The van der Waals surface area contributed by atoms with Gasteiger partial charge in [0.2, 0.25) is 5.91 Å². The second-order valence-corrected chi connectivity index (χ2v) is 5.31. The quantitative estimate of drug-likeness (QED) is 0.819. The maximum Gasteiger partial charge on any atom is 0.416 e. The predicted octanol–water partition coefficient (Wildman–Crippen LogP) is 3.68. The number of rotatable bonds is 5. The van der Waals surface area contributed by atoms with Crippen molar-refractivity contribution in [3.8, 4) is 5.75 Å². The van der Waals surface area contributed by atoms with Crippen LogP contribution in [-0.2, 0) is 22.1 Å². The summed E-state index contributed by atoms with van der Waals surface area (Å²) in [5.41, 5.74) is -0.445. The number of hydrogen-bond donors (Lipinski definition) is 1. The van der Waals surface area contributed by atoms with E-state index in [1.165, 1.54) is 50.6 Å². The molecule has 0 unspecified atom stereocenters. The minimum absolute atomic E-state index is 0.0554. The lowest BCUT2D eigenvalue weighted by Crippen LogP contribution is -2.18. The van der Waals surface area contributed by atoms with E-state index in [-0.39, 0.29) is 11.3 Å².